The lowest BCUT2D eigenvalue weighted by Gasteiger charge is -2.30. The minimum atomic E-state index is 0.632. The SMILES string of the molecule is CCC(CNCC(C)C)N1CCc2ccccc21. The Balaban J connectivity index is 1.97. The first kappa shape index (κ1) is 13.4. The normalized spacial score (nSPS) is 16.1. The summed E-state index contributed by atoms with van der Waals surface area (Å²) in [6, 6.07) is 9.48. The predicted molar refractivity (Wildman–Crippen MR) is 79.3 cm³/mol. The number of rotatable bonds is 6. The van der Waals surface area contributed by atoms with Crippen LogP contribution in [-0.4, -0.2) is 25.7 Å². The van der Waals surface area contributed by atoms with Crippen LogP contribution in [0.4, 0.5) is 5.69 Å². The van der Waals surface area contributed by atoms with E-state index in [1.165, 1.54) is 30.6 Å². The van der Waals surface area contributed by atoms with Crippen LogP contribution in [0.25, 0.3) is 0 Å². The number of nitrogens with zero attached hydrogens (tertiary/aromatic N) is 1. The number of para-hydroxylation sites is 1. The Morgan fingerprint density at radius 2 is 2.00 bits per heavy atom. The summed E-state index contributed by atoms with van der Waals surface area (Å²) < 4.78 is 0. The van der Waals surface area contributed by atoms with Crippen LogP contribution in [0, 0.1) is 5.92 Å². The van der Waals surface area contributed by atoms with Gasteiger partial charge in [0.05, 0.1) is 0 Å². The Morgan fingerprint density at radius 3 is 2.72 bits per heavy atom. The van der Waals surface area contributed by atoms with Crippen molar-refractivity contribution < 1.29 is 0 Å². The average molecular weight is 246 g/mol. The van der Waals surface area contributed by atoms with Crippen molar-refractivity contribution in [2.24, 2.45) is 5.92 Å². The zero-order valence-corrected chi connectivity index (χ0v) is 11.9. The van der Waals surface area contributed by atoms with Crippen LogP contribution in [-0.2, 0) is 6.42 Å². The molecular formula is C16H26N2. The van der Waals surface area contributed by atoms with E-state index >= 15 is 0 Å². The monoisotopic (exact) mass is 246 g/mol. The summed E-state index contributed by atoms with van der Waals surface area (Å²) >= 11 is 0. The summed E-state index contributed by atoms with van der Waals surface area (Å²) in [4.78, 5) is 2.59. The van der Waals surface area contributed by atoms with Crippen molar-refractivity contribution in [2.45, 2.75) is 39.7 Å². The molecule has 1 heterocycles. The van der Waals surface area contributed by atoms with Crippen LogP contribution in [0.1, 0.15) is 32.8 Å². The van der Waals surface area contributed by atoms with Crippen molar-refractivity contribution in [3.05, 3.63) is 29.8 Å². The van der Waals surface area contributed by atoms with E-state index in [0.717, 1.165) is 19.0 Å². The van der Waals surface area contributed by atoms with Crippen LogP contribution in [0.15, 0.2) is 24.3 Å². The molecule has 0 aromatic heterocycles. The van der Waals surface area contributed by atoms with Gasteiger partial charge in [-0.2, -0.15) is 0 Å². The van der Waals surface area contributed by atoms with Gasteiger partial charge in [-0.3, -0.25) is 0 Å². The van der Waals surface area contributed by atoms with Gasteiger partial charge in [-0.15, -0.1) is 0 Å². The van der Waals surface area contributed by atoms with E-state index in [-0.39, 0.29) is 0 Å². The molecule has 1 unspecified atom stereocenters. The molecule has 2 heteroatoms. The first-order valence-electron chi connectivity index (χ1n) is 7.27. The minimum Gasteiger partial charge on any atom is -0.367 e. The van der Waals surface area contributed by atoms with Gasteiger partial charge >= 0.3 is 0 Å². The van der Waals surface area contributed by atoms with Crippen LogP contribution in [0.2, 0.25) is 0 Å². The molecule has 2 rings (SSSR count). The molecule has 0 amide bonds. The van der Waals surface area contributed by atoms with Crippen molar-refractivity contribution in [2.75, 3.05) is 24.5 Å². The van der Waals surface area contributed by atoms with Gasteiger partial charge in [-0.25, -0.2) is 0 Å². The highest BCUT2D eigenvalue weighted by Crippen LogP contribution is 2.29. The van der Waals surface area contributed by atoms with Crippen molar-refractivity contribution in [1.82, 2.24) is 5.32 Å². The molecule has 1 aromatic rings. The fraction of sp³-hybridized carbons (Fsp3) is 0.625. The molecule has 0 saturated carbocycles. The Bertz CT molecular complexity index is 373. The number of hydrogen-bond acceptors (Lipinski definition) is 2. The molecule has 0 bridgehead atoms. The van der Waals surface area contributed by atoms with Crippen molar-refractivity contribution in [3.8, 4) is 0 Å². The number of nitrogens with one attached hydrogen (secondary N) is 1. The average Bonchev–Trinajstić information content (AvgIpc) is 2.78. The van der Waals surface area contributed by atoms with E-state index in [1.54, 1.807) is 0 Å². The fourth-order valence-electron chi connectivity index (χ4n) is 2.76. The van der Waals surface area contributed by atoms with E-state index < -0.39 is 0 Å². The highest BCUT2D eigenvalue weighted by Gasteiger charge is 2.24. The summed E-state index contributed by atoms with van der Waals surface area (Å²) in [6.45, 7) is 10.2. The second-order valence-electron chi connectivity index (χ2n) is 5.69. The van der Waals surface area contributed by atoms with Crippen LogP contribution < -0.4 is 10.2 Å². The first-order valence-corrected chi connectivity index (χ1v) is 7.27. The maximum Gasteiger partial charge on any atom is 0.0412 e. The lowest BCUT2D eigenvalue weighted by atomic mass is 10.1. The molecule has 0 spiro atoms. The van der Waals surface area contributed by atoms with Gasteiger partial charge < -0.3 is 10.2 Å². The van der Waals surface area contributed by atoms with E-state index in [9.17, 15) is 0 Å². The Hall–Kier alpha value is -1.02. The molecule has 0 radical (unpaired) electrons. The number of benzene rings is 1. The number of hydrogen-bond donors (Lipinski definition) is 1. The molecule has 1 aromatic carbocycles. The second-order valence-corrected chi connectivity index (χ2v) is 5.69. The lowest BCUT2D eigenvalue weighted by Crippen LogP contribution is -2.42. The molecule has 0 fully saturated rings. The van der Waals surface area contributed by atoms with E-state index in [1.807, 2.05) is 0 Å². The summed E-state index contributed by atoms with van der Waals surface area (Å²) in [5, 5.41) is 3.60. The fourth-order valence-corrected chi connectivity index (χ4v) is 2.76. The van der Waals surface area contributed by atoms with E-state index in [2.05, 4.69) is 55.3 Å². The van der Waals surface area contributed by atoms with Gasteiger partial charge in [0.15, 0.2) is 0 Å². The Labute approximate surface area is 111 Å². The number of anilines is 1. The molecule has 2 nitrogen and oxygen atoms in total. The third-order valence-electron chi connectivity index (χ3n) is 3.77. The van der Waals surface area contributed by atoms with Crippen LogP contribution in [0.3, 0.4) is 0 Å². The Morgan fingerprint density at radius 1 is 1.22 bits per heavy atom. The molecule has 1 aliphatic heterocycles. The highest BCUT2D eigenvalue weighted by molar-refractivity contribution is 5.58. The molecule has 1 aliphatic rings. The zero-order chi connectivity index (χ0) is 13.0. The predicted octanol–water partition coefficient (Wildman–Crippen LogP) is 3.07. The third kappa shape index (κ3) is 3.05. The van der Waals surface area contributed by atoms with E-state index in [0.29, 0.717) is 6.04 Å². The van der Waals surface area contributed by atoms with Gasteiger partial charge in [0.25, 0.3) is 0 Å². The van der Waals surface area contributed by atoms with E-state index in [4.69, 9.17) is 0 Å². The van der Waals surface area contributed by atoms with Gasteiger partial charge in [-0.05, 0) is 36.9 Å². The lowest BCUT2D eigenvalue weighted by molar-refractivity contribution is 0.488. The summed E-state index contributed by atoms with van der Waals surface area (Å²) in [6.07, 6.45) is 2.41. The second kappa shape index (κ2) is 6.24. The number of fused-ring (bicyclic) bond motifs is 1. The van der Waals surface area contributed by atoms with Gasteiger partial charge in [0.1, 0.15) is 0 Å². The summed E-state index contributed by atoms with van der Waals surface area (Å²) in [5.74, 6) is 0.730. The molecule has 0 aliphatic carbocycles. The zero-order valence-electron chi connectivity index (χ0n) is 11.9. The smallest absolute Gasteiger partial charge is 0.0412 e. The third-order valence-corrected chi connectivity index (χ3v) is 3.77. The van der Waals surface area contributed by atoms with Gasteiger partial charge in [-0.1, -0.05) is 39.0 Å². The molecule has 18 heavy (non-hydrogen) atoms. The summed E-state index contributed by atoms with van der Waals surface area (Å²) in [7, 11) is 0. The maximum atomic E-state index is 3.60. The van der Waals surface area contributed by atoms with Crippen molar-refractivity contribution >= 4 is 5.69 Å². The Kier molecular flexibility index (Phi) is 4.65. The molecule has 1 N–H and O–H groups in total. The maximum absolute atomic E-state index is 3.60. The quantitative estimate of drug-likeness (QED) is 0.830. The molecular weight excluding hydrogens is 220 g/mol. The highest BCUT2D eigenvalue weighted by atomic mass is 15.2. The molecule has 0 saturated heterocycles. The van der Waals surface area contributed by atoms with Crippen molar-refractivity contribution in [1.29, 1.82) is 0 Å². The standard InChI is InChI=1S/C16H26N2/c1-4-15(12-17-11-13(2)3)18-10-9-14-7-5-6-8-16(14)18/h5-8,13,15,17H,4,9-12H2,1-3H3. The van der Waals surface area contributed by atoms with Gasteiger partial charge in [0.2, 0.25) is 0 Å². The summed E-state index contributed by atoms with van der Waals surface area (Å²) in [5.41, 5.74) is 2.97. The topological polar surface area (TPSA) is 15.3 Å². The first-order chi connectivity index (χ1) is 8.72. The molecule has 1 atom stereocenters. The van der Waals surface area contributed by atoms with Crippen molar-refractivity contribution in [3.63, 3.8) is 0 Å². The van der Waals surface area contributed by atoms with Gasteiger partial charge in [0, 0.05) is 24.8 Å². The minimum absolute atomic E-state index is 0.632. The van der Waals surface area contributed by atoms with Crippen LogP contribution in [0.5, 0.6) is 0 Å². The molecule has 100 valence electrons. The largest absolute Gasteiger partial charge is 0.367 e. The van der Waals surface area contributed by atoms with Crippen LogP contribution >= 0.6 is 0 Å².